The van der Waals surface area contributed by atoms with E-state index < -0.39 is 0 Å². The molecule has 0 heterocycles. The van der Waals surface area contributed by atoms with Crippen molar-refractivity contribution in [2.75, 3.05) is 6.54 Å². The summed E-state index contributed by atoms with van der Waals surface area (Å²) in [5.74, 6) is 0.663. The second-order valence-corrected chi connectivity index (χ2v) is 6.61. The van der Waals surface area contributed by atoms with Gasteiger partial charge in [0.1, 0.15) is 0 Å². The molecule has 2 N–H and O–H groups in total. The maximum atomic E-state index is 12.1. The second-order valence-electron chi connectivity index (χ2n) is 6.61. The van der Waals surface area contributed by atoms with Crippen molar-refractivity contribution >= 4 is 5.91 Å². The number of aliphatic hydroxyl groups excluding tert-OH is 1. The highest BCUT2D eigenvalue weighted by molar-refractivity contribution is 5.78. The molecule has 21 heavy (non-hydrogen) atoms. The number of hydrogen-bond acceptors (Lipinski definition) is 2. The van der Waals surface area contributed by atoms with Crippen LogP contribution in [0.1, 0.15) is 48.8 Å². The molecule has 3 nitrogen and oxygen atoms in total. The van der Waals surface area contributed by atoms with Gasteiger partial charge in [0.2, 0.25) is 5.91 Å². The highest BCUT2D eigenvalue weighted by Gasteiger charge is 2.19. The number of amides is 1. The number of aliphatic hydroxyl groups is 1. The Kier molecular flexibility index (Phi) is 4.59. The predicted octanol–water partition coefficient (Wildman–Crippen LogP) is 2.39. The van der Waals surface area contributed by atoms with Crippen LogP contribution in [0.3, 0.4) is 0 Å². The first kappa shape index (κ1) is 14.6. The molecule has 0 unspecified atom stereocenters. The van der Waals surface area contributed by atoms with Gasteiger partial charge in [0.05, 0.1) is 12.5 Å². The Morgan fingerprint density at radius 1 is 1.14 bits per heavy atom. The van der Waals surface area contributed by atoms with Crippen LogP contribution in [-0.2, 0) is 24.1 Å². The average Bonchev–Trinajstić information content (AvgIpc) is 2.94. The summed E-state index contributed by atoms with van der Waals surface area (Å²) in [6.45, 7) is 0.760. The third-order valence-electron chi connectivity index (χ3n) is 4.93. The van der Waals surface area contributed by atoms with E-state index in [1.165, 1.54) is 24.0 Å². The van der Waals surface area contributed by atoms with E-state index in [9.17, 15) is 9.90 Å². The van der Waals surface area contributed by atoms with Crippen molar-refractivity contribution in [2.24, 2.45) is 5.92 Å². The molecule has 1 fully saturated rings. The van der Waals surface area contributed by atoms with Gasteiger partial charge in [0, 0.05) is 6.54 Å². The third-order valence-corrected chi connectivity index (χ3v) is 4.93. The number of carbonyl (C=O) groups is 1. The van der Waals surface area contributed by atoms with E-state index in [-0.39, 0.29) is 12.0 Å². The molecule has 0 bridgehead atoms. The van der Waals surface area contributed by atoms with Crippen LogP contribution < -0.4 is 5.32 Å². The third kappa shape index (κ3) is 3.85. The van der Waals surface area contributed by atoms with Crippen molar-refractivity contribution in [1.29, 1.82) is 0 Å². The minimum atomic E-state index is -0.122. The summed E-state index contributed by atoms with van der Waals surface area (Å²) in [5.41, 5.74) is 4.02. The first-order valence-electron chi connectivity index (χ1n) is 8.26. The number of hydrogen-bond donors (Lipinski definition) is 2. The smallest absolute Gasteiger partial charge is 0.224 e. The molecule has 0 atom stereocenters. The van der Waals surface area contributed by atoms with Gasteiger partial charge in [-0.1, -0.05) is 18.2 Å². The number of carbonyl (C=O) groups excluding carboxylic acids is 1. The molecule has 0 radical (unpaired) electrons. The molecule has 2 aliphatic rings. The molecule has 0 aromatic heterocycles. The van der Waals surface area contributed by atoms with Gasteiger partial charge >= 0.3 is 0 Å². The molecule has 1 amide bonds. The molecule has 1 aromatic carbocycles. The van der Waals surface area contributed by atoms with E-state index in [0.717, 1.165) is 44.2 Å². The van der Waals surface area contributed by atoms with E-state index in [1.807, 2.05) is 0 Å². The van der Waals surface area contributed by atoms with Gasteiger partial charge in [-0.3, -0.25) is 4.79 Å². The Balaban J connectivity index is 1.46. The first-order valence-corrected chi connectivity index (χ1v) is 8.26. The number of nitrogens with one attached hydrogen (secondary N) is 1. The lowest BCUT2D eigenvalue weighted by molar-refractivity contribution is -0.120. The monoisotopic (exact) mass is 287 g/mol. The van der Waals surface area contributed by atoms with Crippen LogP contribution >= 0.6 is 0 Å². The molecule has 0 aliphatic heterocycles. The Hall–Kier alpha value is -1.35. The average molecular weight is 287 g/mol. The minimum Gasteiger partial charge on any atom is -0.393 e. The summed E-state index contributed by atoms with van der Waals surface area (Å²) in [5, 5.41) is 12.6. The fraction of sp³-hybridized carbons (Fsp3) is 0.611. The van der Waals surface area contributed by atoms with Crippen LogP contribution in [0, 0.1) is 5.92 Å². The summed E-state index contributed by atoms with van der Waals surface area (Å²) in [6.07, 6.45) is 7.78. The molecule has 114 valence electrons. The van der Waals surface area contributed by atoms with Crippen LogP contribution in [0.4, 0.5) is 0 Å². The zero-order valence-electron chi connectivity index (χ0n) is 12.6. The van der Waals surface area contributed by atoms with E-state index in [1.54, 1.807) is 0 Å². The maximum Gasteiger partial charge on any atom is 0.224 e. The zero-order chi connectivity index (χ0) is 14.7. The van der Waals surface area contributed by atoms with Crippen LogP contribution in [-0.4, -0.2) is 23.7 Å². The topological polar surface area (TPSA) is 49.3 Å². The summed E-state index contributed by atoms with van der Waals surface area (Å²) < 4.78 is 0. The van der Waals surface area contributed by atoms with Gasteiger partial charge in [-0.2, -0.15) is 0 Å². The van der Waals surface area contributed by atoms with Crippen molar-refractivity contribution < 1.29 is 9.90 Å². The Bertz CT molecular complexity index is 504. The zero-order valence-corrected chi connectivity index (χ0v) is 12.6. The van der Waals surface area contributed by atoms with Gasteiger partial charge in [0.15, 0.2) is 0 Å². The van der Waals surface area contributed by atoms with Crippen molar-refractivity contribution in [1.82, 2.24) is 5.32 Å². The predicted molar refractivity (Wildman–Crippen MR) is 83.1 cm³/mol. The molecule has 3 rings (SSSR count). The molecule has 1 aromatic rings. The number of rotatable bonds is 4. The Morgan fingerprint density at radius 3 is 2.71 bits per heavy atom. The van der Waals surface area contributed by atoms with E-state index in [4.69, 9.17) is 0 Å². The molecular formula is C18H25NO2. The van der Waals surface area contributed by atoms with Crippen molar-refractivity contribution in [2.45, 2.75) is 57.5 Å². The molecule has 0 saturated heterocycles. The lowest BCUT2D eigenvalue weighted by Gasteiger charge is -2.25. The lowest BCUT2D eigenvalue weighted by atomic mass is 9.87. The SMILES string of the molecule is O=C(Cc1ccc2c(c1)CCC2)NCC1CCC(O)CC1. The Labute approximate surface area is 126 Å². The van der Waals surface area contributed by atoms with Crippen molar-refractivity contribution in [3.8, 4) is 0 Å². The number of benzene rings is 1. The summed E-state index contributed by atoms with van der Waals surface area (Å²) >= 11 is 0. The van der Waals surface area contributed by atoms with E-state index >= 15 is 0 Å². The number of fused-ring (bicyclic) bond motifs is 1. The maximum absolute atomic E-state index is 12.1. The number of aryl methyl sites for hydroxylation is 2. The summed E-state index contributed by atoms with van der Waals surface area (Å²) in [7, 11) is 0. The minimum absolute atomic E-state index is 0.122. The second kappa shape index (κ2) is 6.61. The Morgan fingerprint density at radius 2 is 1.90 bits per heavy atom. The standard InChI is InChI=1S/C18H25NO2/c20-17-8-5-13(6-9-17)12-19-18(21)11-14-4-7-15-2-1-3-16(15)10-14/h4,7,10,13,17,20H,1-3,5-6,8-9,11-12H2,(H,19,21). The highest BCUT2D eigenvalue weighted by atomic mass is 16.3. The quantitative estimate of drug-likeness (QED) is 0.893. The van der Waals surface area contributed by atoms with E-state index in [0.29, 0.717) is 12.3 Å². The lowest BCUT2D eigenvalue weighted by Crippen LogP contribution is -2.33. The van der Waals surface area contributed by atoms with Crippen LogP contribution in [0.2, 0.25) is 0 Å². The highest BCUT2D eigenvalue weighted by Crippen LogP contribution is 2.24. The molecule has 1 saturated carbocycles. The molecule has 0 spiro atoms. The van der Waals surface area contributed by atoms with Gasteiger partial charge in [-0.15, -0.1) is 0 Å². The van der Waals surface area contributed by atoms with Gasteiger partial charge < -0.3 is 10.4 Å². The fourth-order valence-electron chi connectivity index (χ4n) is 3.59. The van der Waals surface area contributed by atoms with Crippen LogP contribution in [0.15, 0.2) is 18.2 Å². The molecule has 3 heteroatoms. The summed E-state index contributed by atoms with van der Waals surface area (Å²) in [4.78, 5) is 12.1. The summed E-state index contributed by atoms with van der Waals surface area (Å²) in [6, 6.07) is 6.49. The molecule has 2 aliphatic carbocycles. The van der Waals surface area contributed by atoms with Crippen LogP contribution in [0.5, 0.6) is 0 Å². The fourth-order valence-corrected chi connectivity index (χ4v) is 3.59. The van der Waals surface area contributed by atoms with Gasteiger partial charge in [-0.05, 0) is 67.6 Å². The van der Waals surface area contributed by atoms with Crippen LogP contribution in [0.25, 0.3) is 0 Å². The largest absolute Gasteiger partial charge is 0.393 e. The van der Waals surface area contributed by atoms with E-state index in [2.05, 4.69) is 23.5 Å². The molecular weight excluding hydrogens is 262 g/mol. The first-order chi connectivity index (χ1) is 10.2. The van der Waals surface area contributed by atoms with Gasteiger partial charge in [0.25, 0.3) is 0 Å². The normalized spacial score (nSPS) is 24.6. The van der Waals surface area contributed by atoms with Gasteiger partial charge in [-0.25, -0.2) is 0 Å². The van der Waals surface area contributed by atoms with Crippen molar-refractivity contribution in [3.63, 3.8) is 0 Å². The van der Waals surface area contributed by atoms with Crippen molar-refractivity contribution in [3.05, 3.63) is 34.9 Å².